The van der Waals surface area contributed by atoms with Crippen LogP contribution in [0.3, 0.4) is 0 Å². The number of para-hydroxylation sites is 1. The molecule has 1 amide bonds. The first-order valence-electron chi connectivity index (χ1n) is 9.26. The molecule has 4 nitrogen and oxygen atoms in total. The van der Waals surface area contributed by atoms with Crippen LogP contribution in [0, 0.1) is 0 Å². The lowest BCUT2D eigenvalue weighted by Gasteiger charge is -2.15. The van der Waals surface area contributed by atoms with Gasteiger partial charge in [0.1, 0.15) is 29.0 Å². The summed E-state index contributed by atoms with van der Waals surface area (Å²) >= 11 is 6.27. The molecule has 2 aromatic carbocycles. The summed E-state index contributed by atoms with van der Waals surface area (Å²) in [5.74, 6) is 2.01. The maximum absolute atomic E-state index is 11.7. The van der Waals surface area contributed by atoms with Gasteiger partial charge < -0.3 is 14.8 Å². The summed E-state index contributed by atoms with van der Waals surface area (Å²) in [4.78, 5) is 12.3. The summed E-state index contributed by atoms with van der Waals surface area (Å²) in [6, 6.07) is 15.8. The van der Waals surface area contributed by atoms with Crippen LogP contribution in [0.4, 0.5) is 0 Å². The molecule has 1 heterocycles. The molecule has 1 aliphatic rings. The molecule has 0 saturated carbocycles. The number of benzene rings is 2. The molecule has 2 aromatic rings. The van der Waals surface area contributed by atoms with E-state index in [0.29, 0.717) is 28.4 Å². The van der Waals surface area contributed by atoms with E-state index in [-0.39, 0.29) is 5.91 Å². The number of carbonyl (C=O) groups excluding carboxylic acids is 1. The average Bonchev–Trinajstić information content (AvgIpc) is 3.03. The van der Waals surface area contributed by atoms with E-state index in [2.05, 4.69) is 25.2 Å². The van der Waals surface area contributed by atoms with Gasteiger partial charge in [-0.15, -0.1) is 0 Å². The van der Waals surface area contributed by atoms with Gasteiger partial charge in [-0.1, -0.05) is 68.2 Å². The maximum atomic E-state index is 11.7. The SMILES string of the molecule is CC[C@@H](C)c1ccccc1OCCOc1ccc(/C=C2/SC(=S)NC2=O)cc1. The molecule has 1 N–H and O–H groups in total. The van der Waals surface area contributed by atoms with E-state index in [4.69, 9.17) is 21.7 Å². The second kappa shape index (κ2) is 9.75. The lowest BCUT2D eigenvalue weighted by atomic mass is 9.98. The Kier molecular flexibility index (Phi) is 7.12. The fourth-order valence-electron chi connectivity index (χ4n) is 2.78. The van der Waals surface area contributed by atoms with Crippen LogP contribution in [-0.2, 0) is 4.79 Å². The Hall–Kier alpha value is -2.31. The maximum Gasteiger partial charge on any atom is 0.263 e. The molecule has 0 unspecified atom stereocenters. The minimum atomic E-state index is -0.148. The van der Waals surface area contributed by atoms with Gasteiger partial charge in [0.25, 0.3) is 5.91 Å². The quantitative estimate of drug-likeness (QED) is 0.369. The Balaban J connectivity index is 1.50. The summed E-state index contributed by atoms with van der Waals surface area (Å²) < 4.78 is 12.2. The third-order valence-corrected chi connectivity index (χ3v) is 5.65. The van der Waals surface area contributed by atoms with Crippen LogP contribution in [0.25, 0.3) is 6.08 Å². The molecule has 6 heteroatoms. The zero-order valence-corrected chi connectivity index (χ0v) is 17.6. The summed E-state index contributed by atoms with van der Waals surface area (Å²) in [7, 11) is 0. The molecular weight excluding hydrogens is 390 g/mol. The van der Waals surface area contributed by atoms with Gasteiger partial charge in [-0.2, -0.15) is 0 Å². The minimum Gasteiger partial charge on any atom is -0.490 e. The van der Waals surface area contributed by atoms with Crippen molar-refractivity contribution >= 4 is 40.3 Å². The number of amides is 1. The molecule has 1 atom stereocenters. The normalized spacial score (nSPS) is 16.1. The van der Waals surface area contributed by atoms with E-state index in [0.717, 1.165) is 23.5 Å². The molecular formula is C22H23NO3S2. The third kappa shape index (κ3) is 5.36. The number of thiocarbonyl (C=S) groups is 1. The van der Waals surface area contributed by atoms with Crippen LogP contribution in [0.15, 0.2) is 53.4 Å². The predicted molar refractivity (Wildman–Crippen MR) is 119 cm³/mol. The highest BCUT2D eigenvalue weighted by molar-refractivity contribution is 8.26. The van der Waals surface area contributed by atoms with Gasteiger partial charge in [-0.3, -0.25) is 4.79 Å². The van der Waals surface area contributed by atoms with Crippen molar-refractivity contribution in [1.29, 1.82) is 0 Å². The summed E-state index contributed by atoms with van der Waals surface area (Å²) in [6.45, 7) is 5.32. The van der Waals surface area contributed by atoms with Gasteiger partial charge in [0.2, 0.25) is 0 Å². The molecule has 1 aliphatic heterocycles. The van der Waals surface area contributed by atoms with Crippen molar-refractivity contribution in [3.05, 3.63) is 64.6 Å². The van der Waals surface area contributed by atoms with Crippen molar-refractivity contribution < 1.29 is 14.3 Å². The van der Waals surface area contributed by atoms with Crippen molar-refractivity contribution in [2.45, 2.75) is 26.2 Å². The van der Waals surface area contributed by atoms with Crippen LogP contribution < -0.4 is 14.8 Å². The first-order valence-corrected chi connectivity index (χ1v) is 10.5. The molecule has 146 valence electrons. The van der Waals surface area contributed by atoms with Crippen molar-refractivity contribution in [2.24, 2.45) is 0 Å². The number of nitrogens with one attached hydrogen (secondary N) is 1. The molecule has 0 bridgehead atoms. The number of rotatable bonds is 8. The highest BCUT2D eigenvalue weighted by Crippen LogP contribution is 2.28. The zero-order chi connectivity index (χ0) is 19.9. The van der Waals surface area contributed by atoms with Crippen molar-refractivity contribution in [3.63, 3.8) is 0 Å². The summed E-state index contributed by atoms with van der Waals surface area (Å²) in [5.41, 5.74) is 2.16. The Bertz CT molecular complexity index is 878. The smallest absolute Gasteiger partial charge is 0.263 e. The van der Waals surface area contributed by atoms with Crippen LogP contribution in [0.1, 0.15) is 37.3 Å². The van der Waals surface area contributed by atoms with Gasteiger partial charge in [0, 0.05) is 0 Å². The number of thioether (sulfide) groups is 1. The second-order valence-electron chi connectivity index (χ2n) is 6.47. The standard InChI is InChI=1S/C22H23NO3S2/c1-3-15(2)18-6-4-5-7-19(18)26-13-12-25-17-10-8-16(9-11-17)14-20-21(24)23-22(27)28-20/h4-11,14-15H,3,12-13H2,1-2H3,(H,23,24,27)/b20-14+/t15-/m1/s1. The Morgan fingerprint density at radius 1 is 1.11 bits per heavy atom. The van der Waals surface area contributed by atoms with Crippen LogP contribution in [0.5, 0.6) is 11.5 Å². The Morgan fingerprint density at radius 2 is 1.82 bits per heavy atom. The molecule has 28 heavy (non-hydrogen) atoms. The number of hydrogen-bond donors (Lipinski definition) is 1. The van der Waals surface area contributed by atoms with Crippen LogP contribution >= 0.6 is 24.0 Å². The highest BCUT2D eigenvalue weighted by atomic mass is 32.2. The zero-order valence-electron chi connectivity index (χ0n) is 15.9. The number of carbonyl (C=O) groups is 1. The second-order valence-corrected chi connectivity index (χ2v) is 8.18. The monoisotopic (exact) mass is 413 g/mol. The first-order chi connectivity index (χ1) is 13.6. The van der Waals surface area contributed by atoms with Gasteiger partial charge in [0.05, 0.1) is 4.91 Å². The van der Waals surface area contributed by atoms with Crippen LogP contribution in [0.2, 0.25) is 0 Å². The van der Waals surface area contributed by atoms with E-state index >= 15 is 0 Å². The molecule has 0 aromatic heterocycles. The predicted octanol–water partition coefficient (Wildman–Crippen LogP) is 5.15. The fourth-order valence-corrected chi connectivity index (χ4v) is 3.83. The largest absolute Gasteiger partial charge is 0.490 e. The number of ether oxygens (including phenoxy) is 2. The van der Waals surface area contributed by atoms with Crippen molar-refractivity contribution in [1.82, 2.24) is 5.32 Å². The van der Waals surface area contributed by atoms with Gasteiger partial charge in [0.15, 0.2) is 0 Å². The molecule has 0 spiro atoms. The van der Waals surface area contributed by atoms with E-state index in [1.54, 1.807) is 0 Å². The Morgan fingerprint density at radius 3 is 2.50 bits per heavy atom. The van der Waals surface area contributed by atoms with E-state index in [1.807, 2.05) is 48.5 Å². The van der Waals surface area contributed by atoms with Gasteiger partial charge in [-0.25, -0.2) is 0 Å². The molecule has 1 fully saturated rings. The van der Waals surface area contributed by atoms with Crippen LogP contribution in [-0.4, -0.2) is 23.4 Å². The molecule has 0 aliphatic carbocycles. The van der Waals surface area contributed by atoms with Gasteiger partial charge >= 0.3 is 0 Å². The lowest BCUT2D eigenvalue weighted by molar-refractivity contribution is -0.115. The fraction of sp³-hybridized carbons (Fsp3) is 0.273. The molecule has 3 rings (SSSR count). The van der Waals surface area contributed by atoms with Gasteiger partial charge in [-0.05, 0) is 47.7 Å². The summed E-state index contributed by atoms with van der Waals surface area (Å²) in [5, 5.41) is 2.61. The van der Waals surface area contributed by atoms with E-state index < -0.39 is 0 Å². The highest BCUT2D eigenvalue weighted by Gasteiger charge is 2.21. The van der Waals surface area contributed by atoms with E-state index in [9.17, 15) is 4.79 Å². The third-order valence-electron chi connectivity index (χ3n) is 4.49. The van der Waals surface area contributed by atoms with Crippen molar-refractivity contribution in [3.8, 4) is 11.5 Å². The average molecular weight is 414 g/mol. The first kappa shape index (κ1) is 20.4. The topological polar surface area (TPSA) is 47.6 Å². The van der Waals surface area contributed by atoms with E-state index in [1.165, 1.54) is 17.3 Å². The minimum absolute atomic E-state index is 0.148. The summed E-state index contributed by atoms with van der Waals surface area (Å²) in [6.07, 6.45) is 2.89. The number of hydrogen-bond acceptors (Lipinski definition) is 5. The molecule has 1 saturated heterocycles. The lowest BCUT2D eigenvalue weighted by Crippen LogP contribution is -2.17. The van der Waals surface area contributed by atoms with Crippen molar-refractivity contribution in [2.75, 3.05) is 13.2 Å². The Labute approximate surface area is 175 Å². The molecule has 0 radical (unpaired) electrons.